The van der Waals surface area contributed by atoms with Gasteiger partial charge in [-0.3, -0.25) is 0 Å². The first-order valence-electron chi connectivity index (χ1n) is 21.9. The summed E-state index contributed by atoms with van der Waals surface area (Å²) < 4.78 is 0. The van der Waals surface area contributed by atoms with Gasteiger partial charge < -0.3 is 9.80 Å². The molecule has 0 aromatic heterocycles. The summed E-state index contributed by atoms with van der Waals surface area (Å²) in [4.78, 5) is 4.79. The van der Waals surface area contributed by atoms with Crippen molar-refractivity contribution < 1.29 is 0 Å². The van der Waals surface area contributed by atoms with E-state index in [0.717, 1.165) is 56.4 Å². The fourth-order valence-corrected chi connectivity index (χ4v) is 9.29. The molecule has 0 atom stereocenters. The van der Waals surface area contributed by atoms with Crippen molar-refractivity contribution in [3.8, 4) is 44.5 Å². The maximum Gasteiger partial charge on any atom is 0.0540 e. The molecular weight excluding hydrogens is 773 g/mol. The molecule has 0 aliphatic rings. The van der Waals surface area contributed by atoms with Crippen LogP contribution in [0.2, 0.25) is 0 Å². The van der Waals surface area contributed by atoms with Gasteiger partial charge in [-0.15, -0.1) is 0 Å². The van der Waals surface area contributed by atoms with Gasteiger partial charge in [-0.25, -0.2) is 0 Å². The third kappa shape index (κ3) is 7.27. The van der Waals surface area contributed by atoms with Crippen LogP contribution in [-0.2, 0) is 0 Å². The summed E-state index contributed by atoms with van der Waals surface area (Å²) in [5, 5.41) is 4.82. The second-order valence-electron chi connectivity index (χ2n) is 16.1. The van der Waals surface area contributed by atoms with E-state index in [1.807, 2.05) is 0 Å². The number of para-hydroxylation sites is 2. The molecule has 0 bridgehead atoms. The number of nitrogens with zero attached hydrogens (tertiary/aromatic N) is 2. The van der Waals surface area contributed by atoms with E-state index in [9.17, 15) is 0 Å². The van der Waals surface area contributed by atoms with Gasteiger partial charge >= 0.3 is 0 Å². The molecule has 0 amide bonds. The van der Waals surface area contributed by atoms with E-state index in [1.54, 1.807) is 0 Å². The predicted molar refractivity (Wildman–Crippen MR) is 273 cm³/mol. The fourth-order valence-electron chi connectivity index (χ4n) is 9.29. The van der Waals surface area contributed by atoms with Crippen molar-refractivity contribution >= 4 is 55.7 Å². The largest absolute Gasteiger partial charge is 0.310 e. The Bertz CT molecular complexity index is 3140. The Morgan fingerprint density at radius 3 is 0.953 bits per heavy atom. The highest BCUT2D eigenvalue weighted by Crippen LogP contribution is 2.47. The lowest BCUT2D eigenvalue weighted by molar-refractivity contribution is 1.30. The molecule has 0 fully saturated rings. The highest BCUT2D eigenvalue weighted by Gasteiger charge is 2.22. The molecule has 0 spiro atoms. The molecule has 0 saturated carbocycles. The SMILES string of the molecule is c1ccc(-c2cc(N(c3ccccc3)c3cccc4ccccc34)ccc2-c2ccccc2-c2ccc(N(c3ccccc3)c3cccc4ccccc34)cc2-c2ccccc2)cc1. The highest BCUT2D eigenvalue weighted by molar-refractivity contribution is 6.03. The molecule has 11 aromatic carbocycles. The minimum absolute atomic E-state index is 1.09. The minimum atomic E-state index is 1.09. The Kier molecular flexibility index (Phi) is 10.3. The zero-order valence-corrected chi connectivity index (χ0v) is 35.3. The van der Waals surface area contributed by atoms with Crippen molar-refractivity contribution in [2.75, 3.05) is 9.80 Å². The standard InChI is InChI=1S/C62H44N2/c1-5-21-47(22-6-1)59-43-51(63(49-29-9-3-10-30-49)61-37-19-27-45-25-13-15-33-53(45)61)39-41-57(59)55-35-17-18-36-56(55)58-42-40-52(44-60(58)48-23-7-2-8-24-48)64(50-31-11-4-12-32-50)62-38-20-28-46-26-14-16-34-54(46)62/h1-44H. The molecule has 2 heteroatoms. The first kappa shape index (κ1) is 38.5. The van der Waals surface area contributed by atoms with Crippen molar-refractivity contribution in [3.05, 3.63) is 267 Å². The van der Waals surface area contributed by atoms with Gasteiger partial charge in [-0.1, -0.05) is 206 Å². The number of anilines is 6. The van der Waals surface area contributed by atoms with Crippen LogP contribution in [0, 0.1) is 0 Å². The van der Waals surface area contributed by atoms with Crippen LogP contribution >= 0.6 is 0 Å². The maximum absolute atomic E-state index is 2.39. The van der Waals surface area contributed by atoms with Gasteiger partial charge in [0.2, 0.25) is 0 Å². The monoisotopic (exact) mass is 816 g/mol. The summed E-state index contributed by atoms with van der Waals surface area (Å²) in [6.45, 7) is 0. The Morgan fingerprint density at radius 2 is 0.531 bits per heavy atom. The molecule has 0 unspecified atom stereocenters. The average molecular weight is 817 g/mol. The van der Waals surface area contributed by atoms with Gasteiger partial charge in [0.1, 0.15) is 0 Å². The van der Waals surface area contributed by atoms with Crippen LogP contribution < -0.4 is 9.80 Å². The second-order valence-corrected chi connectivity index (χ2v) is 16.1. The van der Waals surface area contributed by atoms with Gasteiger partial charge in [0, 0.05) is 33.5 Å². The number of benzene rings is 11. The lowest BCUT2D eigenvalue weighted by Crippen LogP contribution is -2.11. The summed E-state index contributed by atoms with van der Waals surface area (Å²) in [5.74, 6) is 0. The van der Waals surface area contributed by atoms with Crippen molar-refractivity contribution in [1.82, 2.24) is 0 Å². The number of rotatable bonds is 10. The molecular formula is C62H44N2. The van der Waals surface area contributed by atoms with E-state index < -0.39 is 0 Å². The van der Waals surface area contributed by atoms with Gasteiger partial charge in [0.05, 0.1) is 11.4 Å². The Labute approximate surface area is 375 Å². The molecule has 64 heavy (non-hydrogen) atoms. The molecule has 2 nitrogen and oxygen atoms in total. The van der Waals surface area contributed by atoms with Crippen molar-refractivity contribution in [3.63, 3.8) is 0 Å². The van der Waals surface area contributed by atoms with Crippen LogP contribution in [0.5, 0.6) is 0 Å². The molecule has 0 aliphatic carbocycles. The molecule has 11 aromatic rings. The van der Waals surface area contributed by atoms with E-state index in [0.29, 0.717) is 0 Å². The summed E-state index contributed by atoms with van der Waals surface area (Å²) >= 11 is 0. The number of fused-ring (bicyclic) bond motifs is 2. The molecule has 0 radical (unpaired) electrons. The van der Waals surface area contributed by atoms with E-state index >= 15 is 0 Å². The molecule has 11 rings (SSSR count). The van der Waals surface area contributed by atoms with Gasteiger partial charge in [-0.05, 0) is 116 Å². The number of hydrogen-bond donors (Lipinski definition) is 0. The molecule has 0 heterocycles. The van der Waals surface area contributed by atoms with Crippen molar-refractivity contribution in [1.29, 1.82) is 0 Å². The summed E-state index contributed by atoms with van der Waals surface area (Å²) in [6, 6.07) is 96.4. The van der Waals surface area contributed by atoms with Gasteiger partial charge in [0.15, 0.2) is 0 Å². The third-order valence-electron chi connectivity index (χ3n) is 12.2. The molecule has 0 aliphatic heterocycles. The lowest BCUT2D eigenvalue weighted by atomic mass is 9.86. The topological polar surface area (TPSA) is 6.48 Å². The van der Waals surface area contributed by atoms with Gasteiger partial charge in [0.25, 0.3) is 0 Å². The Balaban J connectivity index is 1.11. The average Bonchev–Trinajstić information content (AvgIpc) is 3.38. The fraction of sp³-hybridized carbons (Fsp3) is 0. The Morgan fingerprint density at radius 1 is 0.203 bits per heavy atom. The summed E-state index contributed by atoms with van der Waals surface area (Å²) in [6.07, 6.45) is 0. The van der Waals surface area contributed by atoms with E-state index in [-0.39, 0.29) is 0 Å². The first-order valence-corrected chi connectivity index (χ1v) is 21.9. The quantitative estimate of drug-likeness (QED) is 0.136. The van der Waals surface area contributed by atoms with Crippen LogP contribution in [0.25, 0.3) is 66.1 Å². The maximum atomic E-state index is 2.39. The highest BCUT2D eigenvalue weighted by atomic mass is 15.1. The van der Waals surface area contributed by atoms with Crippen LogP contribution in [-0.4, -0.2) is 0 Å². The predicted octanol–water partition coefficient (Wildman–Crippen LogP) is 17.6. The van der Waals surface area contributed by atoms with Gasteiger partial charge in [-0.2, -0.15) is 0 Å². The smallest absolute Gasteiger partial charge is 0.0540 e. The summed E-state index contributed by atoms with van der Waals surface area (Å²) in [5.41, 5.74) is 16.0. The Hall–Kier alpha value is -8.46. The first-order chi connectivity index (χ1) is 31.8. The minimum Gasteiger partial charge on any atom is -0.310 e. The van der Waals surface area contributed by atoms with Crippen LogP contribution in [0.15, 0.2) is 267 Å². The van der Waals surface area contributed by atoms with E-state index in [2.05, 4.69) is 277 Å². The zero-order valence-electron chi connectivity index (χ0n) is 35.3. The zero-order chi connectivity index (χ0) is 42.7. The van der Waals surface area contributed by atoms with Crippen LogP contribution in [0.1, 0.15) is 0 Å². The normalized spacial score (nSPS) is 11.1. The number of hydrogen-bond acceptors (Lipinski definition) is 2. The van der Waals surface area contributed by atoms with E-state index in [4.69, 9.17) is 0 Å². The second kappa shape index (κ2) is 17.1. The van der Waals surface area contributed by atoms with Crippen LogP contribution in [0.4, 0.5) is 34.1 Å². The van der Waals surface area contributed by atoms with E-state index in [1.165, 1.54) is 43.8 Å². The molecule has 0 saturated heterocycles. The van der Waals surface area contributed by atoms with Crippen LogP contribution in [0.3, 0.4) is 0 Å². The van der Waals surface area contributed by atoms with Crippen molar-refractivity contribution in [2.45, 2.75) is 0 Å². The lowest BCUT2D eigenvalue weighted by Gasteiger charge is -2.29. The summed E-state index contributed by atoms with van der Waals surface area (Å²) in [7, 11) is 0. The third-order valence-corrected chi connectivity index (χ3v) is 12.2. The van der Waals surface area contributed by atoms with Crippen molar-refractivity contribution in [2.24, 2.45) is 0 Å². The molecule has 0 N–H and O–H groups in total. The molecule has 302 valence electrons.